The fourth-order valence-corrected chi connectivity index (χ4v) is 4.93. The van der Waals surface area contributed by atoms with Crippen LogP contribution in [0.4, 0.5) is 0 Å². The van der Waals surface area contributed by atoms with Crippen LogP contribution in [0.2, 0.25) is 10.0 Å². The summed E-state index contributed by atoms with van der Waals surface area (Å²) < 4.78 is 32.0. The molecule has 144 valence electrons. The van der Waals surface area contributed by atoms with E-state index >= 15 is 0 Å². The minimum absolute atomic E-state index is 0.107. The molecular weight excluding hydrogens is 481 g/mol. The summed E-state index contributed by atoms with van der Waals surface area (Å²) in [6.07, 6.45) is 0. The number of nitrogens with one attached hydrogen (secondary N) is 1. The first-order valence-corrected chi connectivity index (χ1v) is 10.5. The number of rotatable bonds is 7. The monoisotopic (exact) mass is 493 g/mol. The van der Waals surface area contributed by atoms with Gasteiger partial charge in [0.1, 0.15) is 11.4 Å². The highest BCUT2D eigenvalue weighted by Crippen LogP contribution is 2.32. The summed E-state index contributed by atoms with van der Waals surface area (Å²) in [6.45, 7) is 0.708. The van der Waals surface area contributed by atoms with Crippen LogP contribution in [0.25, 0.3) is 0 Å². The number of sulfonamides is 1. The van der Waals surface area contributed by atoms with Crippen LogP contribution in [-0.4, -0.2) is 33.3 Å². The molecule has 6 nitrogen and oxygen atoms in total. The van der Waals surface area contributed by atoms with E-state index in [2.05, 4.69) is 15.9 Å². The molecule has 10 heteroatoms. The minimum atomic E-state index is -4.15. The lowest BCUT2D eigenvalue weighted by molar-refractivity contribution is -0.141. The van der Waals surface area contributed by atoms with Crippen molar-refractivity contribution in [2.24, 2.45) is 0 Å². The molecule has 0 aromatic heterocycles. The van der Waals surface area contributed by atoms with Crippen molar-refractivity contribution < 1.29 is 22.7 Å². The maximum atomic E-state index is 12.3. The van der Waals surface area contributed by atoms with Crippen LogP contribution in [0.5, 0.6) is 0 Å². The number of halogens is 3. The summed E-state index contributed by atoms with van der Waals surface area (Å²) in [7, 11) is -4.15. The lowest BCUT2D eigenvalue weighted by Crippen LogP contribution is -2.32. The summed E-state index contributed by atoms with van der Waals surface area (Å²) in [6, 6.07) is 9.47. The van der Waals surface area contributed by atoms with E-state index in [-0.39, 0.29) is 14.9 Å². The smallest absolute Gasteiger partial charge is 0.321 e. The van der Waals surface area contributed by atoms with Gasteiger partial charge in [0.15, 0.2) is 12.4 Å². The van der Waals surface area contributed by atoms with Crippen LogP contribution in [0.1, 0.15) is 15.9 Å². The molecule has 2 aromatic rings. The maximum absolute atomic E-state index is 12.3. The first-order chi connectivity index (χ1) is 12.6. The molecule has 0 fully saturated rings. The maximum Gasteiger partial charge on any atom is 0.321 e. The van der Waals surface area contributed by atoms with Gasteiger partial charge in [0, 0.05) is 10.0 Å². The molecule has 0 saturated carbocycles. The Balaban J connectivity index is 1.95. The van der Waals surface area contributed by atoms with E-state index < -0.39 is 34.9 Å². The molecule has 0 bridgehead atoms. The Hall–Kier alpha value is -1.45. The van der Waals surface area contributed by atoms with Gasteiger partial charge in [0.2, 0.25) is 10.0 Å². The quantitative estimate of drug-likeness (QED) is 0.467. The van der Waals surface area contributed by atoms with Gasteiger partial charge in [-0.15, -0.1) is 0 Å². The second-order valence-electron chi connectivity index (χ2n) is 5.47. The molecule has 27 heavy (non-hydrogen) atoms. The number of hydrogen-bond acceptors (Lipinski definition) is 5. The van der Waals surface area contributed by atoms with E-state index in [9.17, 15) is 18.0 Å². The summed E-state index contributed by atoms with van der Waals surface area (Å²) >= 11 is 15.0. The highest BCUT2D eigenvalue weighted by Gasteiger charge is 2.23. The zero-order valence-corrected chi connectivity index (χ0v) is 17.9. The lowest BCUT2D eigenvalue weighted by Gasteiger charge is -2.10. The number of carbonyl (C=O) groups is 2. The molecule has 0 saturated heterocycles. The van der Waals surface area contributed by atoms with Crippen LogP contribution in [-0.2, 0) is 19.6 Å². The van der Waals surface area contributed by atoms with E-state index in [0.717, 1.165) is 5.56 Å². The lowest BCUT2D eigenvalue weighted by atomic mass is 10.1. The molecule has 0 aliphatic heterocycles. The van der Waals surface area contributed by atoms with Crippen LogP contribution in [0, 0.1) is 6.92 Å². The second kappa shape index (κ2) is 9.16. The Labute approximate surface area is 175 Å². The molecule has 0 radical (unpaired) electrons. The Morgan fingerprint density at radius 3 is 2.22 bits per heavy atom. The highest BCUT2D eigenvalue weighted by atomic mass is 79.9. The number of ketones is 1. The molecule has 2 rings (SSSR count). The third-order valence-electron chi connectivity index (χ3n) is 3.38. The molecule has 0 aliphatic carbocycles. The highest BCUT2D eigenvalue weighted by molar-refractivity contribution is 9.10. The van der Waals surface area contributed by atoms with Gasteiger partial charge in [-0.1, -0.05) is 69.0 Å². The number of ether oxygens (including phenoxy) is 1. The summed E-state index contributed by atoms with van der Waals surface area (Å²) in [5.41, 5.74) is 1.38. The van der Waals surface area contributed by atoms with E-state index in [1.54, 1.807) is 24.3 Å². The molecular formula is C17H14BrCl2NO5S. The molecule has 0 atom stereocenters. The van der Waals surface area contributed by atoms with Crippen molar-refractivity contribution in [1.82, 2.24) is 4.72 Å². The minimum Gasteiger partial charge on any atom is -0.456 e. The standard InChI is InChI=1S/C17H14BrCl2NO5S/c1-10-2-4-11(5-3-10)15(22)9-26-16(23)8-21-27(24,25)17-13(19)6-12(18)7-14(17)20/h2-7,21H,8-9H2,1H3. The summed E-state index contributed by atoms with van der Waals surface area (Å²) in [5.74, 6) is -1.31. The SMILES string of the molecule is Cc1ccc(C(=O)COC(=O)CNS(=O)(=O)c2c(Cl)cc(Br)cc2Cl)cc1. The molecule has 2 aromatic carbocycles. The first kappa shape index (κ1) is 21.8. The number of aryl methyl sites for hydroxylation is 1. The fourth-order valence-electron chi connectivity index (χ4n) is 2.03. The predicted octanol–water partition coefficient (Wildman–Crippen LogP) is 3.77. The van der Waals surface area contributed by atoms with E-state index in [0.29, 0.717) is 10.0 Å². The third kappa shape index (κ3) is 6.02. The second-order valence-corrected chi connectivity index (χ2v) is 8.91. The first-order valence-electron chi connectivity index (χ1n) is 7.50. The molecule has 0 heterocycles. The zero-order chi connectivity index (χ0) is 20.2. The molecule has 0 spiro atoms. The van der Waals surface area contributed by atoms with Crippen molar-refractivity contribution in [2.75, 3.05) is 13.2 Å². The third-order valence-corrected chi connectivity index (χ3v) is 6.16. The largest absolute Gasteiger partial charge is 0.456 e. The number of esters is 1. The van der Waals surface area contributed by atoms with Crippen molar-refractivity contribution >= 4 is 60.9 Å². The Bertz CT molecular complexity index is 954. The van der Waals surface area contributed by atoms with Crippen LogP contribution in [0.3, 0.4) is 0 Å². The fraction of sp³-hybridized carbons (Fsp3) is 0.176. The van der Waals surface area contributed by atoms with E-state index in [1.807, 2.05) is 11.6 Å². The Kier molecular flexibility index (Phi) is 7.41. The molecule has 0 aliphatic rings. The van der Waals surface area contributed by atoms with Crippen molar-refractivity contribution in [3.05, 3.63) is 62.0 Å². The summed E-state index contributed by atoms with van der Waals surface area (Å²) in [5, 5.41) is -0.213. The van der Waals surface area contributed by atoms with Gasteiger partial charge in [-0.2, -0.15) is 4.72 Å². The average molecular weight is 495 g/mol. The van der Waals surface area contributed by atoms with Gasteiger partial charge >= 0.3 is 5.97 Å². The van der Waals surface area contributed by atoms with Crippen LogP contribution >= 0.6 is 39.1 Å². The van der Waals surface area contributed by atoms with E-state index in [4.69, 9.17) is 27.9 Å². The predicted molar refractivity (Wildman–Crippen MR) is 106 cm³/mol. The summed E-state index contributed by atoms with van der Waals surface area (Å²) in [4.78, 5) is 23.4. The molecule has 0 amide bonds. The van der Waals surface area contributed by atoms with Crippen LogP contribution in [0.15, 0.2) is 45.8 Å². The van der Waals surface area contributed by atoms with Gasteiger partial charge in [0.05, 0.1) is 10.0 Å². The van der Waals surface area contributed by atoms with Crippen LogP contribution < -0.4 is 4.72 Å². The van der Waals surface area contributed by atoms with Crippen molar-refractivity contribution in [2.45, 2.75) is 11.8 Å². The Morgan fingerprint density at radius 1 is 1.11 bits per heavy atom. The zero-order valence-electron chi connectivity index (χ0n) is 14.0. The van der Waals surface area contributed by atoms with Gasteiger partial charge in [0.25, 0.3) is 0 Å². The van der Waals surface area contributed by atoms with Gasteiger partial charge in [-0.3, -0.25) is 9.59 Å². The molecule has 1 N–H and O–H groups in total. The van der Waals surface area contributed by atoms with Crippen molar-refractivity contribution in [3.8, 4) is 0 Å². The van der Waals surface area contributed by atoms with E-state index in [1.165, 1.54) is 12.1 Å². The number of carbonyl (C=O) groups excluding carboxylic acids is 2. The average Bonchev–Trinajstić information content (AvgIpc) is 2.57. The number of Topliss-reactive ketones (excluding diaryl/α,β-unsaturated/α-hetero) is 1. The van der Waals surface area contributed by atoms with Crippen molar-refractivity contribution in [1.29, 1.82) is 0 Å². The normalized spacial score (nSPS) is 11.3. The topological polar surface area (TPSA) is 89.5 Å². The Morgan fingerprint density at radius 2 is 1.67 bits per heavy atom. The van der Waals surface area contributed by atoms with Crippen molar-refractivity contribution in [3.63, 3.8) is 0 Å². The van der Waals surface area contributed by atoms with Gasteiger partial charge < -0.3 is 4.74 Å². The molecule has 0 unspecified atom stereocenters. The van der Waals surface area contributed by atoms with Gasteiger partial charge in [-0.05, 0) is 19.1 Å². The van der Waals surface area contributed by atoms with Gasteiger partial charge in [-0.25, -0.2) is 8.42 Å². The number of hydrogen-bond donors (Lipinski definition) is 1. The number of benzene rings is 2.